The molecule has 198 valence electrons. The van der Waals surface area contributed by atoms with Gasteiger partial charge >= 0.3 is 0 Å². The third kappa shape index (κ3) is 5.60. The molecule has 9 nitrogen and oxygen atoms in total. The molecule has 6 rings (SSSR count). The molecular formula is C28H32ClN7O2. The molecule has 0 bridgehead atoms. The first-order chi connectivity index (χ1) is 18.6. The standard InChI is InChI=1S/C28H32ClN7O2/c1-28(8-9-28)38-27-24-26(32-19-33-27)36(13-7-20-4-2-3-10-31-20)25(34-24)22-6-5-21(18-23(22)29)37-17-16-35-14-11-30-12-15-35/h2-6,10,18-19,30H,7-9,11-17H2,1H3. The number of rotatable bonds is 10. The van der Waals surface area contributed by atoms with Crippen LogP contribution < -0.4 is 14.8 Å². The van der Waals surface area contributed by atoms with E-state index in [1.165, 1.54) is 0 Å². The number of fused-ring (bicyclic) bond motifs is 1. The maximum atomic E-state index is 6.83. The highest BCUT2D eigenvalue weighted by molar-refractivity contribution is 6.33. The topological polar surface area (TPSA) is 90.2 Å². The van der Waals surface area contributed by atoms with E-state index in [-0.39, 0.29) is 5.60 Å². The lowest BCUT2D eigenvalue weighted by atomic mass is 10.2. The van der Waals surface area contributed by atoms with Crippen molar-refractivity contribution in [1.82, 2.24) is 34.7 Å². The van der Waals surface area contributed by atoms with Gasteiger partial charge < -0.3 is 19.4 Å². The molecule has 0 atom stereocenters. The molecule has 1 N–H and O–H groups in total. The number of hydrogen-bond donors (Lipinski definition) is 1. The summed E-state index contributed by atoms with van der Waals surface area (Å²) in [6.07, 6.45) is 6.09. The summed E-state index contributed by atoms with van der Waals surface area (Å²) in [5, 5.41) is 3.95. The molecule has 3 aromatic heterocycles. The Balaban J connectivity index is 1.28. The molecule has 4 aromatic rings. The van der Waals surface area contributed by atoms with Crippen LogP contribution in [0.4, 0.5) is 0 Å². The van der Waals surface area contributed by atoms with Gasteiger partial charge in [-0.3, -0.25) is 9.88 Å². The Labute approximate surface area is 227 Å². The van der Waals surface area contributed by atoms with Crippen LogP contribution in [0.15, 0.2) is 48.9 Å². The average Bonchev–Trinajstić information content (AvgIpc) is 3.54. The number of aromatic nitrogens is 5. The molecule has 1 aromatic carbocycles. The van der Waals surface area contributed by atoms with Crippen LogP contribution in [0.2, 0.25) is 5.02 Å². The Kier molecular flexibility index (Phi) is 7.14. The summed E-state index contributed by atoms with van der Waals surface area (Å²) in [5.74, 6) is 1.98. The van der Waals surface area contributed by atoms with Crippen molar-refractivity contribution in [3.8, 4) is 23.0 Å². The van der Waals surface area contributed by atoms with Crippen LogP contribution in [0, 0.1) is 0 Å². The lowest BCUT2D eigenvalue weighted by Gasteiger charge is -2.26. The fraction of sp³-hybridized carbons (Fsp3) is 0.429. The molecule has 0 amide bonds. The normalized spacial score (nSPS) is 17.0. The number of aryl methyl sites for hydroxylation is 2. The van der Waals surface area contributed by atoms with Gasteiger partial charge in [0, 0.05) is 63.1 Å². The van der Waals surface area contributed by atoms with E-state index >= 15 is 0 Å². The van der Waals surface area contributed by atoms with E-state index in [4.69, 9.17) is 26.1 Å². The van der Waals surface area contributed by atoms with Crippen LogP contribution in [-0.2, 0) is 13.0 Å². The first-order valence-electron chi connectivity index (χ1n) is 13.2. The van der Waals surface area contributed by atoms with Gasteiger partial charge in [-0.15, -0.1) is 0 Å². The summed E-state index contributed by atoms with van der Waals surface area (Å²) >= 11 is 6.83. The van der Waals surface area contributed by atoms with Crippen LogP contribution in [0.3, 0.4) is 0 Å². The molecule has 2 fully saturated rings. The van der Waals surface area contributed by atoms with E-state index in [0.717, 1.165) is 80.5 Å². The summed E-state index contributed by atoms with van der Waals surface area (Å²) in [7, 11) is 0. The van der Waals surface area contributed by atoms with Gasteiger partial charge in [-0.1, -0.05) is 17.7 Å². The quantitative estimate of drug-likeness (QED) is 0.327. The number of benzene rings is 1. The number of piperazine rings is 1. The van der Waals surface area contributed by atoms with Gasteiger partial charge in [-0.05, 0) is 50.1 Å². The highest BCUT2D eigenvalue weighted by atomic mass is 35.5. The number of halogens is 1. The van der Waals surface area contributed by atoms with E-state index in [1.807, 2.05) is 42.6 Å². The molecule has 1 saturated carbocycles. The third-order valence-electron chi connectivity index (χ3n) is 7.18. The van der Waals surface area contributed by atoms with Gasteiger partial charge in [0.05, 0.1) is 5.02 Å². The molecule has 2 aliphatic rings. The van der Waals surface area contributed by atoms with Gasteiger partial charge in [0.25, 0.3) is 0 Å². The molecule has 0 radical (unpaired) electrons. The fourth-order valence-corrected chi connectivity index (χ4v) is 4.94. The molecule has 1 aliphatic heterocycles. The minimum absolute atomic E-state index is 0.180. The number of hydrogen-bond acceptors (Lipinski definition) is 8. The Morgan fingerprint density at radius 3 is 2.68 bits per heavy atom. The Morgan fingerprint density at radius 2 is 1.92 bits per heavy atom. The summed E-state index contributed by atoms with van der Waals surface area (Å²) in [6, 6.07) is 11.7. The van der Waals surface area contributed by atoms with Crippen molar-refractivity contribution in [1.29, 1.82) is 0 Å². The van der Waals surface area contributed by atoms with Crippen molar-refractivity contribution in [3.63, 3.8) is 0 Å². The van der Waals surface area contributed by atoms with E-state index < -0.39 is 0 Å². The van der Waals surface area contributed by atoms with E-state index in [0.29, 0.717) is 29.6 Å². The highest BCUT2D eigenvalue weighted by Crippen LogP contribution is 2.41. The minimum atomic E-state index is -0.180. The van der Waals surface area contributed by atoms with Crippen molar-refractivity contribution >= 4 is 22.8 Å². The molecule has 0 spiro atoms. The predicted octanol–water partition coefficient (Wildman–Crippen LogP) is 4.00. The smallest absolute Gasteiger partial charge is 0.245 e. The first kappa shape index (κ1) is 25.0. The van der Waals surface area contributed by atoms with E-state index in [9.17, 15) is 0 Å². The molecule has 10 heteroatoms. The number of nitrogens with zero attached hydrogens (tertiary/aromatic N) is 6. The Morgan fingerprint density at radius 1 is 1.05 bits per heavy atom. The van der Waals surface area contributed by atoms with Crippen LogP contribution in [0.1, 0.15) is 25.5 Å². The largest absolute Gasteiger partial charge is 0.492 e. The molecule has 4 heterocycles. The van der Waals surface area contributed by atoms with Crippen molar-refractivity contribution in [3.05, 3.63) is 59.6 Å². The predicted molar refractivity (Wildman–Crippen MR) is 147 cm³/mol. The first-order valence-corrected chi connectivity index (χ1v) is 13.6. The van der Waals surface area contributed by atoms with Crippen molar-refractivity contribution in [2.45, 2.75) is 38.3 Å². The molecule has 1 saturated heterocycles. The second-order valence-corrected chi connectivity index (χ2v) is 10.6. The molecule has 1 aliphatic carbocycles. The van der Waals surface area contributed by atoms with Crippen LogP contribution in [-0.4, -0.2) is 74.3 Å². The monoisotopic (exact) mass is 533 g/mol. The SMILES string of the molecule is CC1(Oc2ncnc3c2nc(-c2ccc(OCCN4CCNCC4)cc2Cl)n3CCc2ccccn2)CC1. The number of pyridine rings is 1. The van der Waals surface area contributed by atoms with Gasteiger partial charge in [0.2, 0.25) is 5.88 Å². The zero-order chi connectivity index (χ0) is 26.0. The van der Waals surface area contributed by atoms with Crippen molar-refractivity contribution in [2.75, 3.05) is 39.3 Å². The van der Waals surface area contributed by atoms with Crippen LogP contribution in [0.25, 0.3) is 22.6 Å². The summed E-state index contributed by atoms with van der Waals surface area (Å²) < 4.78 is 14.4. The molecular weight excluding hydrogens is 502 g/mol. The van der Waals surface area contributed by atoms with E-state index in [2.05, 4.69) is 36.7 Å². The fourth-order valence-electron chi connectivity index (χ4n) is 4.69. The van der Waals surface area contributed by atoms with Gasteiger partial charge in [-0.2, -0.15) is 4.98 Å². The number of nitrogens with one attached hydrogen (secondary N) is 1. The third-order valence-corrected chi connectivity index (χ3v) is 7.49. The Hall–Kier alpha value is -3.27. The second kappa shape index (κ2) is 10.8. The average molecular weight is 534 g/mol. The zero-order valence-corrected chi connectivity index (χ0v) is 22.3. The zero-order valence-electron chi connectivity index (χ0n) is 21.6. The lowest BCUT2D eigenvalue weighted by molar-refractivity contribution is 0.191. The van der Waals surface area contributed by atoms with Gasteiger partial charge in [0.1, 0.15) is 30.1 Å². The lowest BCUT2D eigenvalue weighted by Crippen LogP contribution is -2.44. The second-order valence-electron chi connectivity index (χ2n) is 10.1. The molecule has 38 heavy (non-hydrogen) atoms. The molecule has 0 unspecified atom stereocenters. The van der Waals surface area contributed by atoms with Crippen molar-refractivity contribution < 1.29 is 9.47 Å². The van der Waals surface area contributed by atoms with E-state index in [1.54, 1.807) is 6.33 Å². The maximum Gasteiger partial charge on any atom is 0.245 e. The Bertz CT molecular complexity index is 1400. The number of imidazole rings is 1. The minimum Gasteiger partial charge on any atom is -0.492 e. The van der Waals surface area contributed by atoms with Gasteiger partial charge in [-0.25, -0.2) is 9.97 Å². The summed E-state index contributed by atoms with van der Waals surface area (Å²) in [4.78, 5) is 20.9. The highest BCUT2D eigenvalue weighted by Gasteiger charge is 2.41. The van der Waals surface area contributed by atoms with Crippen molar-refractivity contribution in [2.24, 2.45) is 0 Å². The number of ether oxygens (including phenoxy) is 2. The summed E-state index contributed by atoms with van der Waals surface area (Å²) in [5.41, 5.74) is 2.99. The summed E-state index contributed by atoms with van der Waals surface area (Å²) in [6.45, 7) is 8.39. The van der Waals surface area contributed by atoms with Crippen LogP contribution in [0.5, 0.6) is 11.6 Å². The maximum absolute atomic E-state index is 6.83. The van der Waals surface area contributed by atoms with Crippen LogP contribution >= 0.6 is 11.6 Å². The van der Waals surface area contributed by atoms with Gasteiger partial charge in [0.15, 0.2) is 11.2 Å².